The summed E-state index contributed by atoms with van der Waals surface area (Å²) in [5.74, 6) is -0.668. The van der Waals surface area contributed by atoms with Crippen molar-refractivity contribution in [2.45, 2.75) is 84.3 Å². The second kappa shape index (κ2) is 6.47. The average Bonchev–Trinajstić information content (AvgIpc) is 3.07. The van der Waals surface area contributed by atoms with Crippen LogP contribution >= 0.6 is 0 Å². The van der Waals surface area contributed by atoms with Gasteiger partial charge in [0.15, 0.2) is 11.4 Å². The summed E-state index contributed by atoms with van der Waals surface area (Å²) in [4.78, 5) is 25.1. The first-order chi connectivity index (χ1) is 12.5. The number of carbonyl (C=O) groups is 2. The fourth-order valence-corrected chi connectivity index (χ4v) is 5.99. The molecule has 2 aliphatic rings. The lowest BCUT2D eigenvalue weighted by Gasteiger charge is -2.64. The molecule has 0 aliphatic heterocycles. The first kappa shape index (κ1) is 20.1. The fourth-order valence-electron chi connectivity index (χ4n) is 5.99. The normalized spacial score (nSPS) is 38.3. The van der Waals surface area contributed by atoms with Crippen LogP contribution in [0.4, 0.5) is 0 Å². The molecule has 0 bridgehead atoms. The summed E-state index contributed by atoms with van der Waals surface area (Å²) < 4.78 is 10.8. The highest BCUT2D eigenvalue weighted by Crippen LogP contribution is 2.64. The molecule has 1 aromatic heterocycles. The third-order valence-corrected chi connectivity index (χ3v) is 7.59. The quantitative estimate of drug-likeness (QED) is 0.802. The second-order valence-corrected chi connectivity index (χ2v) is 9.56. The number of hydrogen-bond donors (Lipinski definition) is 1. The molecule has 2 fully saturated rings. The molecule has 150 valence electrons. The molecule has 2 aliphatic carbocycles. The molecule has 5 heteroatoms. The van der Waals surface area contributed by atoms with Crippen molar-refractivity contribution in [3.8, 4) is 0 Å². The minimum atomic E-state index is -1.54. The van der Waals surface area contributed by atoms with Gasteiger partial charge in [-0.15, -0.1) is 0 Å². The standard InChI is InChI=1S/C22H32O5/c1-15(23)27-21(5)18(24)13-17-19(2,3)9-6-10-20(17,4)22(21,25)11-7-16-8-12-26-14-16/h8,12,14,17,25H,6-7,9-11,13H2,1-5H3. The maximum Gasteiger partial charge on any atom is 0.303 e. The number of carbonyl (C=O) groups excluding carboxylic acids is 2. The minimum Gasteiger partial charge on any atom is -0.472 e. The molecule has 0 spiro atoms. The Labute approximate surface area is 161 Å². The van der Waals surface area contributed by atoms with Crippen LogP contribution in [-0.2, 0) is 20.7 Å². The van der Waals surface area contributed by atoms with Crippen molar-refractivity contribution in [2.24, 2.45) is 16.7 Å². The smallest absolute Gasteiger partial charge is 0.303 e. The lowest BCUT2D eigenvalue weighted by atomic mass is 9.42. The number of aryl methyl sites for hydroxylation is 1. The van der Waals surface area contributed by atoms with E-state index in [1.165, 1.54) is 6.92 Å². The maximum absolute atomic E-state index is 13.3. The van der Waals surface area contributed by atoms with Gasteiger partial charge in [0, 0.05) is 18.8 Å². The van der Waals surface area contributed by atoms with Crippen LogP contribution in [0.2, 0.25) is 0 Å². The Morgan fingerprint density at radius 2 is 2.00 bits per heavy atom. The Balaban J connectivity index is 2.09. The van der Waals surface area contributed by atoms with Crippen LogP contribution in [0.25, 0.3) is 0 Å². The number of fused-ring (bicyclic) bond motifs is 1. The summed E-state index contributed by atoms with van der Waals surface area (Å²) in [5, 5.41) is 12.2. The number of Topliss-reactive ketones (excluding diaryl/α,β-unsaturated/α-hetero) is 1. The molecule has 0 aromatic carbocycles. The van der Waals surface area contributed by atoms with Crippen LogP contribution in [-0.4, -0.2) is 28.1 Å². The lowest BCUT2D eigenvalue weighted by Crippen LogP contribution is -2.74. The number of ketones is 1. The summed E-state index contributed by atoms with van der Waals surface area (Å²) in [6, 6.07) is 1.86. The Kier molecular flexibility index (Phi) is 4.82. The van der Waals surface area contributed by atoms with Gasteiger partial charge in [0.1, 0.15) is 5.60 Å². The molecular weight excluding hydrogens is 344 g/mol. The van der Waals surface area contributed by atoms with Gasteiger partial charge in [-0.3, -0.25) is 9.59 Å². The van der Waals surface area contributed by atoms with Gasteiger partial charge in [-0.25, -0.2) is 0 Å². The average molecular weight is 376 g/mol. The predicted molar refractivity (Wildman–Crippen MR) is 101 cm³/mol. The second-order valence-electron chi connectivity index (χ2n) is 9.56. The maximum atomic E-state index is 13.3. The highest BCUT2D eigenvalue weighted by atomic mass is 16.6. The topological polar surface area (TPSA) is 76.7 Å². The van der Waals surface area contributed by atoms with Gasteiger partial charge in [-0.05, 0) is 55.6 Å². The van der Waals surface area contributed by atoms with E-state index >= 15 is 0 Å². The summed E-state index contributed by atoms with van der Waals surface area (Å²) in [6.07, 6.45) is 7.31. The van der Waals surface area contributed by atoms with E-state index in [9.17, 15) is 14.7 Å². The van der Waals surface area contributed by atoms with Gasteiger partial charge in [0.2, 0.25) is 0 Å². The van der Waals surface area contributed by atoms with Gasteiger partial charge in [0.05, 0.1) is 12.5 Å². The number of ether oxygens (including phenoxy) is 1. The number of esters is 1. The van der Waals surface area contributed by atoms with Crippen LogP contribution in [0.15, 0.2) is 23.0 Å². The van der Waals surface area contributed by atoms with Crippen LogP contribution < -0.4 is 0 Å². The Morgan fingerprint density at radius 3 is 2.59 bits per heavy atom. The van der Waals surface area contributed by atoms with Gasteiger partial charge in [-0.2, -0.15) is 0 Å². The molecule has 1 N–H and O–H groups in total. The summed E-state index contributed by atoms with van der Waals surface area (Å²) >= 11 is 0. The van der Waals surface area contributed by atoms with Crippen LogP contribution in [0.1, 0.15) is 72.3 Å². The SMILES string of the molecule is CC(=O)OC1(C)C(=O)CC2C(C)(C)CCCC2(C)C1(O)CCc1ccoc1. The zero-order valence-corrected chi connectivity index (χ0v) is 17.1. The Hall–Kier alpha value is -1.62. The van der Waals surface area contributed by atoms with Crippen LogP contribution in [0.3, 0.4) is 0 Å². The molecule has 1 heterocycles. The molecule has 1 aromatic rings. The van der Waals surface area contributed by atoms with Crippen molar-refractivity contribution in [3.05, 3.63) is 24.2 Å². The molecule has 27 heavy (non-hydrogen) atoms. The van der Waals surface area contributed by atoms with Gasteiger partial charge >= 0.3 is 5.97 Å². The third kappa shape index (κ3) is 2.95. The first-order valence-corrected chi connectivity index (χ1v) is 9.93. The molecule has 0 radical (unpaired) electrons. The number of aliphatic hydroxyl groups is 1. The number of furan rings is 1. The highest BCUT2D eigenvalue weighted by molar-refractivity contribution is 5.92. The summed E-state index contributed by atoms with van der Waals surface area (Å²) in [5.41, 5.74) is -2.59. The lowest BCUT2D eigenvalue weighted by molar-refractivity contribution is -0.264. The van der Waals surface area contributed by atoms with E-state index in [1.807, 2.05) is 6.07 Å². The Bertz CT molecular complexity index is 721. The molecule has 0 amide bonds. The minimum absolute atomic E-state index is 0.0456. The zero-order valence-electron chi connectivity index (χ0n) is 17.1. The van der Waals surface area contributed by atoms with E-state index in [-0.39, 0.29) is 17.1 Å². The van der Waals surface area contributed by atoms with Crippen molar-refractivity contribution < 1.29 is 23.8 Å². The molecule has 5 nitrogen and oxygen atoms in total. The summed E-state index contributed by atoms with van der Waals surface area (Å²) in [7, 11) is 0. The van der Waals surface area contributed by atoms with Gasteiger partial charge in [0.25, 0.3) is 0 Å². The monoisotopic (exact) mass is 376 g/mol. The largest absolute Gasteiger partial charge is 0.472 e. The molecule has 0 saturated heterocycles. The predicted octanol–water partition coefficient (Wildman–Crippen LogP) is 4.07. The first-order valence-electron chi connectivity index (χ1n) is 9.93. The Morgan fingerprint density at radius 1 is 1.30 bits per heavy atom. The number of rotatable bonds is 4. The van der Waals surface area contributed by atoms with E-state index in [0.29, 0.717) is 19.3 Å². The van der Waals surface area contributed by atoms with E-state index < -0.39 is 22.6 Å². The van der Waals surface area contributed by atoms with Crippen LogP contribution in [0, 0.1) is 16.7 Å². The molecule has 2 saturated carbocycles. The zero-order chi connectivity index (χ0) is 20.1. The molecule has 4 atom stereocenters. The van der Waals surface area contributed by atoms with Crippen LogP contribution in [0.5, 0.6) is 0 Å². The fraction of sp³-hybridized carbons (Fsp3) is 0.727. The van der Waals surface area contributed by atoms with E-state index in [0.717, 1.165) is 24.8 Å². The van der Waals surface area contributed by atoms with E-state index in [4.69, 9.17) is 9.15 Å². The van der Waals surface area contributed by atoms with Crippen molar-refractivity contribution in [2.75, 3.05) is 0 Å². The number of hydrogen-bond acceptors (Lipinski definition) is 5. The van der Waals surface area contributed by atoms with Crippen molar-refractivity contribution in [1.82, 2.24) is 0 Å². The van der Waals surface area contributed by atoms with Crippen molar-refractivity contribution in [3.63, 3.8) is 0 Å². The van der Waals surface area contributed by atoms with Gasteiger partial charge < -0.3 is 14.3 Å². The molecule has 4 unspecified atom stereocenters. The molecular formula is C22H32O5. The van der Waals surface area contributed by atoms with Crippen molar-refractivity contribution >= 4 is 11.8 Å². The van der Waals surface area contributed by atoms with E-state index in [1.54, 1.807) is 19.5 Å². The summed E-state index contributed by atoms with van der Waals surface area (Å²) in [6.45, 7) is 9.37. The molecule has 3 rings (SSSR count). The van der Waals surface area contributed by atoms with Crippen molar-refractivity contribution in [1.29, 1.82) is 0 Å². The van der Waals surface area contributed by atoms with Gasteiger partial charge in [-0.1, -0.05) is 27.2 Å². The van der Waals surface area contributed by atoms with E-state index in [2.05, 4.69) is 20.8 Å². The third-order valence-electron chi connectivity index (χ3n) is 7.59. The highest BCUT2D eigenvalue weighted by Gasteiger charge is 2.71.